The molecule has 6 nitrogen and oxygen atoms in total. The lowest BCUT2D eigenvalue weighted by atomic mass is 10.1. The number of para-hydroxylation sites is 1. The lowest BCUT2D eigenvalue weighted by Gasteiger charge is -2.20. The van der Waals surface area contributed by atoms with Gasteiger partial charge >= 0.3 is 0 Å². The van der Waals surface area contributed by atoms with Crippen LogP contribution in [0, 0.1) is 13.8 Å². The van der Waals surface area contributed by atoms with Gasteiger partial charge in [0, 0.05) is 25.5 Å². The molecule has 0 aliphatic carbocycles. The first-order chi connectivity index (χ1) is 14.6. The highest BCUT2D eigenvalue weighted by molar-refractivity contribution is 7.22. The molecule has 4 aromatic rings. The van der Waals surface area contributed by atoms with Crippen molar-refractivity contribution in [1.29, 1.82) is 0 Å². The smallest absolute Gasteiger partial charge is 0.266 e. The third-order valence-corrected chi connectivity index (χ3v) is 6.03. The largest absolute Gasteiger partial charge is 0.484 e. The molecule has 0 atom stereocenters. The van der Waals surface area contributed by atoms with Crippen molar-refractivity contribution in [1.82, 2.24) is 14.5 Å². The Morgan fingerprint density at radius 2 is 2.03 bits per heavy atom. The monoisotopic (exact) mass is 420 g/mol. The van der Waals surface area contributed by atoms with E-state index in [2.05, 4.69) is 31.0 Å². The van der Waals surface area contributed by atoms with Crippen LogP contribution in [0.2, 0.25) is 0 Å². The summed E-state index contributed by atoms with van der Waals surface area (Å²) in [6, 6.07) is 13.6. The van der Waals surface area contributed by atoms with Gasteiger partial charge in [-0.1, -0.05) is 35.6 Å². The van der Waals surface area contributed by atoms with Gasteiger partial charge in [-0.05, 0) is 49.6 Å². The lowest BCUT2D eigenvalue weighted by Crippen LogP contribution is -2.36. The topological polar surface area (TPSA) is 60.2 Å². The van der Waals surface area contributed by atoms with Crippen LogP contribution in [0.5, 0.6) is 5.75 Å². The molecule has 0 N–H and O–H groups in total. The zero-order valence-electron chi connectivity index (χ0n) is 17.1. The van der Waals surface area contributed by atoms with Gasteiger partial charge in [-0.25, -0.2) is 9.97 Å². The Kier molecular flexibility index (Phi) is 6.09. The molecule has 7 heteroatoms. The Hall–Kier alpha value is -3.19. The Balaban J connectivity index is 1.54. The van der Waals surface area contributed by atoms with Crippen molar-refractivity contribution in [2.45, 2.75) is 26.8 Å². The molecular formula is C23H24N4O2S. The van der Waals surface area contributed by atoms with E-state index in [1.54, 1.807) is 28.8 Å². The highest BCUT2D eigenvalue weighted by atomic mass is 32.1. The fraction of sp³-hybridized carbons (Fsp3) is 0.261. The molecule has 4 rings (SSSR count). The van der Waals surface area contributed by atoms with E-state index >= 15 is 0 Å². The average molecular weight is 421 g/mol. The van der Waals surface area contributed by atoms with E-state index in [9.17, 15) is 4.79 Å². The number of ether oxygens (including phenoxy) is 1. The second-order valence-corrected chi connectivity index (χ2v) is 8.21. The molecule has 0 aliphatic rings. The number of nitrogens with zero attached hydrogens (tertiary/aromatic N) is 4. The summed E-state index contributed by atoms with van der Waals surface area (Å²) in [5, 5.41) is 0.714. The van der Waals surface area contributed by atoms with E-state index in [4.69, 9.17) is 9.72 Å². The van der Waals surface area contributed by atoms with Gasteiger partial charge in [0.05, 0.1) is 16.5 Å². The molecule has 0 aliphatic heterocycles. The second kappa shape index (κ2) is 9.09. The quantitative estimate of drug-likeness (QED) is 0.418. The average Bonchev–Trinajstić information content (AvgIpc) is 3.40. The van der Waals surface area contributed by atoms with E-state index in [-0.39, 0.29) is 12.5 Å². The zero-order chi connectivity index (χ0) is 20.9. The number of aromatic nitrogens is 3. The van der Waals surface area contributed by atoms with Gasteiger partial charge in [-0.15, -0.1) is 0 Å². The fourth-order valence-electron chi connectivity index (χ4n) is 3.38. The number of hydrogen-bond donors (Lipinski definition) is 0. The molecule has 0 bridgehead atoms. The van der Waals surface area contributed by atoms with E-state index in [0.717, 1.165) is 23.2 Å². The maximum absolute atomic E-state index is 13.1. The van der Waals surface area contributed by atoms with E-state index in [1.165, 1.54) is 11.1 Å². The third kappa shape index (κ3) is 4.68. The summed E-state index contributed by atoms with van der Waals surface area (Å²) in [6.45, 7) is 5.47. The number of aryl methyl sites for hydroxylation is 3. The van der Waals surface area contributed by atoms with Crippen LogP contribution in [0.1, 0.15) is 17.5 Å². The van der Waals surface area contributed by atoms with Crippen molar-refractivity contribution in [2.75, 3.05) is 18.1 Å². The molecular weight excluding hydrogens is 396 g/mol. The minimum absolute atomic E-state index is 0.0248. The number of rotatable bonds is 8. The Morgan fingerprint density at radius 3 is 2.80 bits per heavy atom. The highest BCUT2D eigenvalue weighted by Crippen LogP contribution is 2.32. The lowest BCUT2D eigenvalue weighted by molar-refractivity contribution is -0.120. The standard InChI is InChI=1S/C23H24N4O2S/c1-17-13-18(2)22-20(14-17)25-23(30-22)27(11-6-10-26-12-9-24-16-26)21(28)15-29-19-7-4-3-5-8-19/h3-5,7-9,12-14,16H,6,10-11,15H2,1-2H3. The van der Waals surface area contributed by atoms with Crippen LogP contribution >= 0.6 is 11.3 Å². The molecule has 2 aromatic carbocycles. The van der Waals surface area contributed by atoms with Crippen LogP contribution in [0.4, 0.5) is 5.13 Å². The Labute approximate surface area is 179 Å². The molecule has 0 saturated heterocycles. The number of thiazole rings is 1. The molecule has 154 valence electrons. The first-order valence-corrected chi connectivity index (χ1v) is 10.7. The first kappa shape index (κ1) is 20.1. The second-order valence-electron chi connectivity index (χ2n) is 7.23. The van der Waals surface area contributed by atoms with E-state index in [1.807, 2.05) is 41.1 Å². The van der Waals surface area contributed by atoms with Gasteiger partial charge in [0.25, 0.3) is 5.91 Å². The molecule has 0 radical (unpaired) electrons. The summed E-state index contributed by atoms with van der Waals surface area (Å²) >= 11 is 1.56. The first-order valence-electron chi connectivity index (χ1n) is 9.92. The van der Waals surface area contributed by atoms with Crippen LogP contribution in [0.25, 0.3) is 10.2 Å². The van der Waals surface area contributed by atoms with Crippen molar-refractivity contribution in [2.24, 2.45) is 0 Å². The zero-order valence-corrected chi connectivity index (χ0v) is 17.9. The maximum Gasteiger partial charge on any atom is 0.266 e. The number of carbonyl (C=O) groups is 1. The van der Waals surface area contributed by atoms with E-state index in [0.29, 0.717) is 17.4 Å². The van der Waals surface area contributed by atoms with Crippen molar-refractivity contribution < 1.29 is 9.53 Å². The molecule has 2 heterocycles. The van der Waals surface area contributed by atoms with E-state index < -0.39 is 0 Å². The molecule has 0 saturated carbocycles. The minimum atomic E-state index is -0.0992. The number of imidazole rings is 1. The van der Waals surface area contributed by atoms with Crippen molar-refractivity contribution in [3.63, 3.8) is 0 Å². The summed E-state index contributed by atoms with van der Waals surface area (Å²) in [5.74, 6) is 0.581. The van der Waals surface area contributed by atoms with Crippen LogP contribution < -0.4 is 9.64 Å². The maximum atomic E-state index is 13.1. The fourth-order valence-corrected chi connectivity index (χ4v) is 4.44. The number of benzene rings is 2. The number of anilines is 1. The number of amides is 1. The molecule has 30 heavy (non-hydrogen) atoms. The summed E-state index contributed by atoms with van der Waals surface area (Å²) in [6.07, 6.45) is 6.26. The number of fused-ring (bicyclic) bond motifs is 1. The van der Waals surface area contributed by atoms with Gasteiger partial charge in [-0.3, -0.25) is 9.69 Å². The molecule has 0 spiro atoms. The van der Waals surface area contributed by atoms with Crippen molar-refractivity contribution >= 4 is 32.6 Å². The number of hydrogen-bond acceptors (Lipinski definition) is 5. The Morgan fingerprint density at radius 1 is 1.20 bits per heavy atom. The minimum Gasteiger partial charge on any atom is -0.484 e. The summed E-state index contributed by atoms with van der Waals surface area (Å²) in [4.78, 5) is 23.7. The van der Waals surface area contributed by atoms with Crippen LogP contribution in [0.3, 0.4) is 0 Å². The van der Waals surface area contributed by atoms with Crippen LogP contribution in [-0.2, 0) is 11.3 Å². The highest BCUT2D eigenvalue weighted by Gasteiger charge is 2.21. The van der Waals surface area contributed by atoms with Crippen LogP contribution in [-0.4, -0.2) is 33.6 Å². The molecule has 2 aromatic heterocycles. The normalized spacial score (nSPS) is 11.0. The van der Waals surface area contributed by atoms with Crippen molar-refractivity contribution in [3.8, 4) is 5.75 Å². The summed E-state index contributed by atoms with van der Waals surface area (Å²) in [5.41, 5.74) is 3.28. The molecule has 0 unspecified atom stereocenters. The van der Waals surface area contributed by atoms with Gasteiger partial charge in [0.2, 0.25) is 0 Å². The van der Waals surface area contributed by atoms with Gasteiger partial charge in [0.15, 0.2) is 11.7 Å². The van der Waals surface area contributed by atoms with Crippen molar-refractivity contribution in [3.05, 3.63) is 72.3 Å². The Bertz CT molecular complexity index is 1120. The summed E-state index contributed by atoms with van der Waals surface area (Å²) < 4.78 is 8.84. The SMILES string of the molecule is Cc1cc(C)c2sc(N(CCCn3ccnc3)C(=O)COc3ccccc3)nc2c1. The van der Waals surface area contributed by atoms with Gasteiger partial charge in [0.1, 0.15) is 5.75 Å². The third-order valence-electron chi connectivity index (χ3n) is 4.80. The predicted octanol–water partition coefficient (Wildman–Crippen LogP) is 4.61. The summed E-state index contributed by atoms with van der Waals surface area (Å²) in [7, 11) is 0. The van der Waals surface area contributed by atoms with Crippen LogP contribution in [0.15, 0.2) is 61.2 Å². The molecule has 1 amide bonds. The molecule has 0 fully saturated rings. The van der Waals surface area contributed by atoms with Gasteiger partial charge < -0.3 is 9.30 Å². The van der Waals surface area contributed by atoms with Gasteiger partial charge in [-0.2, -0.15) is 0 Å². The number of carbonyl (C=O) groups excluding carboxylic acids is 1. The predicted molar refractivity (Wildman–Crippen MR) is 120 cm³/mol.